The number of aryl methyl sites for hydroxylation is 1. The fraction of sp³-hybridized carbons (Fsp3) is 0.0333. The minimum Gasteiger partial charge on any atom is -0.376 e. The smallest absolute Gasteiger partial charge is 0.329 e. The Morgan fingerprint density at radius 2 is 1.24 bits per heavy atom. The molecule has 1 aromatic heterocycles. The molecule has 0 atom stereocenters. The van der Waals surface area contributed by atoms with E-state index in [1.165, 1.54) is 61.2 Å². The minimum absolute atomic E-state index is 0.158. The van der Waals surface area contributed by atoms with Gasteiger partial charge in [0.2, 0.25) is 0 Å². The zero-order valence-electron chi connectivity index (χ0n) is 18.4. The predicted octanol–water partition coefficient (Wildman–Crippen LogP) is 5.96. The second kappa shape index (κ2) is 6.95. The second-order valence-electron chi connectivity index (χ2n) is 8.89. The number of fused-ring (bicyclic) bond motifs is 11. The maximum absolute atomic E-state index is 4.39. The molecular formula is C30H21BN2. The van der Waals surface area contributed by atoms with E-state index >= 15 is 0 Å². The Labute approximate surface area is 194 Å². The Balaban J connectivity index is 1.54. The summed E-state index contributed by atoms with van der Waals surface area (Å²) in [7, 11) is 0. The van der Waals surface area contributed by atoms with Crippen molar-refractivity contribution in [2.75, 3.05) is 4.81 Å². The first-order chi connectivity index (χ1) is 16.3. The first-order valence-electron chi connectivity index (χ1n) is 11.4. The molecular weight excluding hydrogens is 399 g/mol. The number of rotatable bonds is 1. The van der Waals surface area contributed by atoms with Crippen LogP contribution in [0.25, 0.3) is 33.4 Å². The van der Waals surface area contributed by atoms with Crippen molar-refractivity contribution in [3.63, 3.8) is 0 Å². The van der Waals surface area contributed by atoms with Crippen molar-refractivity contribution in [2.45, 2.75) is 6.92 Å². The highest BCUT2D eigenvalue weighted by Crippen LogP contribution is 2.46. The van der Waals surface area contributed by atoms with Crippen molar-refractivity contribution in [3.8, 4) is 33.4 Å². The first kappa shape index (κ1) is 18.5. The lowest BCUT2D eigenvalue weighted by Gasteiger charge is -2.43. The summed E-state index contributed by atoms with van der Waals surface area (Å²) in [4.78, 5) is 6.93. The molecule has 4 aromatic carbocycles. The zero-order chi connectivity index (χ0) is 21.9. The van der Waals surface area contributed by atoms with E-state index in [9.17, 15) is 0 Å². The number of para-hydroxylation sites is 1. The number of aromatic nitrogens is 1. The van der Waals surface area contributed by atoms with Gasteiger partial charge < -0.3 is 4.81 Å². The van der Waals surface area contributed by atoms with Crippen molar-refractivity contribution >= 4 is 29.1 Å². The molecule has 3 heteroatoms. The Morgan fingerprint density at radius 1 is 0.606 bits per heavy atom. The van der Waals surface area contributed by atoms with E-state index in [4.69, 9.17) is 0 Å². The quantitative estimate of drug-likeness (QED) is 0.311. The summed E-state index contributed by atoms with van der Waals surface area (Å²) in [5.41, 5.74) is 14.1. The molecule has 33 heavy (non-hydrogen) atoms. The summed E-state index contributed by atoms with van der Waals surface area (Å²) >= 11 is 0. The topological polar surface area (TPSA) is 16.1 Å². The Hall–Kier alpha value is -4.11. The summed E-state index contributed by atoms with van der Waals surface area (Å²) in [6.45, 7) is 2.31. The number of nitrogens with zero attached hydrogens (tertiary/aromatic N) is 2. The third-order valence-electron chi connectivity index (χ3n) is 7.12. The SMILES string of the molecule is Cc1ccncc1-c1ccc2c(c1)-c1ccccc1B1c3ccccc3-c3ccccc3N12. The average molecular weight is 420 g/mol. The van der Waals surface area contributed by atoms with Crippen LogP contribution in [0.5, 0.6) is 0 Å². The van der Waals surface area contributed by atoms with E-state index in [1.807, 2.05) is 12.4 Å². The molecule has 7 rings (SSSR count). The standard InChI is InChI=1S/C30H21BN2/c1-20-16-17-32-19-26(20)21-14-15-30-25(18-21)23-9-3-6-12-28(23)31-27-11-5-2-8-22(27)24-10-4-7-13-29(24)33(30)31/h2-19H,1H3. The van der Waals surface area contributed by atoms with E-state index < -0.39 is 0 Å². The van der Waals surface area contributed by atoms with Crippen LogP contribution in [-0.2, 0) is 0 Å². The monoisotopic (exact) mass is 420 g/mol. The fourth-order valence-electron chi connectivity index (χ4n) is 5.62. The van der Waals surface area contributed by atoms with Crippen LogP contribution in [0.15, 0.2) is 109 Å². The molecule has 0 radical (unpaired) electrons. The fourth-order valence-corrected chi connectivity index (χ4v) is 5.62. The van der Waals surface area contributed by atoms with Crippen LogP contribution in [-0.4, -0.2) is 11.8 Å². The second-order valence-corrected chi connectivity index (χ2v) is 8.89. The van der Waals surface area contributed by atoms with Crippen LogP contribution in [0.3, 0.4) is 0 Å². The van der Waals surface area contributed by atoms with Gasteiger partial charge in [0.1, 0.15) is 0 Å². The molecule has 0 aliphatic carbocycles. The van der Waals surface area contributed by atoms with Gasteiger partial charge in [-0.1, -0.05) is 72.8 Å². The van der Waals surface area contributed by atoms with Gasteiger partial charge in [-0.3, -0.25) is 4.98 Å². The summed E-state index contributed by atoms with van der Waals surface area (Å²) in [6.07, 6.45) is 3.83. The maximum atomic E-state index is 4.39. The number of benzene rings is 4. The molecule has 0 unspecified atom stereocenters. The molecule has 2 aliphatic rings. The average Bonchev–Trinajstić information content (AvgIpc) is 2.88. The molecule has 0 amide bonds. The molecule has 0 saturated heterocycles. The third-order valence-corrected chi connectivity index (χ3v) is 7.12. The Morgan fingerprint density at radius 3 is 2.00 bits per heavy atom. The lowest BCUT2D eigenvalue weighted by molar-refractivity contribution is 1.28. The first-order valence-corrected chi connectivity index (χ1v) is 11.4. The highest BCUT2D eigenvalue weighted by atomic mass is 15.1. The molecule has 2 aliphatic heterocycles. The normalized spacial score (nSPS) is 12.9. The molecule has 0 saturated carbocycles. The molecule has 0 spiro atoms. The number of anilines is 2. The van der Waals surface area contributed by atoms with Crippen LogP contribution < -0.4 is 15.7 Å². The summed E-state index contributed by atoms with van der Waals surface area (Å²) in [5.74, 6) is 0. The Kier molecular flexibility index (Phi) is 3.89. The highest BCUT2D eigenvalue weighted by Gasteiger charge is 2.41. The lowest BCUT2D eigenvalue weighted by Crippen LogP contribution is -2.59. The number of pyridine rings is 1. The van der Waals surface area contributed by atoms with Gasteiger partial charge in [0, 0.05) is 40.5 Å². The highest BCUT2D eigenvalue weighted by molar-refractivity contribution is 6.92. The van der Waals surface area contributed by atoms with Crippen molar-refractivity contribution in [1.82, 2.24) is 4.98 Å². The molecule has 0 N–H and O–H groups in total. The van der Waals surface area contributed by atoms with Gasteiger partial charge in [-0.25, -0.2) is 0 Å². The van der Waals surface area contributed by atoms with E-state index in [0.717, 1.165) is 0 Å². The van der Waals surface area contributed by atoms with Crippen molar-refractivity contribution in [2.24, 2.45) is 0 Å². The molecule has 5 aromatic rings. The molecule has 154 valence electrons. The molecule has 3 heterocycles. The van der Waals surface area contributed by atoms with Crippen LogP contribution in [0.4, 0.5) is 11.4 Å². The van der Waals surface area contributed by atoms with Gasteiger partial charge in [-0.15, -0.1) is 0 Å². The molecule has 0 fully saturated rings. The van der Waals surface area contributed by atoms with Crippen LogP contribution >= 0.6 is 0 Å². The van der Waals surface area contributed by atoms with E-state index in [1.54, 1.807) is 0 Å². The van der Waals surface area contributed by atoms with Crippen molar-refractivity contribution < 1.29 is 0 Å². The van der Waals surface area contributed by atoms with E-state index in [2.05, 4.69) is 114 Å². The van der Waals surface area contributed by atoms with Crippen LogP contribution in [0, 0.1) is 6.92 Å². The van der Waals surface area contributed by atoms with Gasteiger partial charge in [-0.2, -0.15) is 0 Å². The van der Waals surface area contributed by atoms with E-state index in [-0.39, 0.29) is 6.85 Å². The third kappa shape index (κ3) is 2.60. The van der Waals surface area contributed by atoms with Gasteiger partial charge >= 0.3 is 6.85 Å². The van der Waals surface area contributed by atoms with Crippen LogP contribution in [0.1, 0.15) is 5.56 Å². The minimum atomic E-state index is 0.158. The summed E-state index contributed by atoms with van der Waals surface area (Å²) in [5, 5.41) is 0. The molecule has 2 nitrogen and oxygen atoms in total. The summed E-state index contributed by atoms with van der Waals surface area (Å²) in [6, 6.07) is 35.5. The molecule has 0 bridgehead atoms. The van der Waals surface area contributed by atoms with Gasteiger partial charge in [0.25, 0.3) is 0 Å². The predicted molar refractivity (Wildman–Crippen MR) is 139 cm³/mol. The van der Waals surface area contributed by atoms with E-state index in [0.29, 0.717) is 0 Å². The van der Waals surface area contributed by atoms with Gasteiger partial charge in [0.05, 0.1) is 0 Å². The van der Waals surface area contributed by atoms with Gasteiger partial charge in [-0.05, 0) is 64.4 Å². The Bertz CT molecular complexity index is 1560. The maximum Gasteiger partial charge on any atom is 0.329 e. The van der Waals surface area contributed by atoms with Crippen molar-refractivity contribution in [3.05, 3.63) is 115 Å². The lowest BCUT2D eigenvalue weighted by atomic mass is 9.43. The number of hydrogen-bond acceptors (Lipinski definition) is 2. The van der Waals surface area contributed by atoms with Crippen molar-refractivity contribution in [1.29, 1.82) is 0 Å². The largest absolute Gasteiger partial charge is 0.376 e. The summed E-state index contributed by atoms with van der Waals surface area (Å²) < 4.78 is 0. The van der Waals surface area contributed by atoms with Gasteiger partial charge in [0.15, 0.2) is 0 Å². The zero-order valence-corrected chi connectivity index (χ0v) is 18.4. The van der Waals surface area contributed by atoms with Crippen LogP contribution in [0.2, 0.25) is 0 Å². The number of hydrogen-bond donors (Lipinski definition) is 0.